The van der Waals surface area contributed by atoms with E-state index in [1.807, 2.05) is 32.0 Å². The second-order valence-electron chi connectivity index (χ2n) is 3.94. The van der Waals surface area contributed by atoms with Crippen LogP contribution in [-0.2, 0) is 4.79 Å². The van der Waals surface area contributed by atoms with E-state index in [1.54, 1.807) is 6.07 Å². The SMILES string of the molecule is Cc1ccc2nc(C)cc(OCC(=O)[O-])c2c1. The Bertz CT molecular complexity index is 578. The lowest BCUT2D eigenvalue weighted by Gasteiger charge is -2.11. The Balaban J connectivity index is 2.51. The van der Waals surface area contributed by atoms with Gasteiger partial charge in [-0.05, 0) is 26.0 Å². The smallest absolute Gasteiger partial charge is 0.131 e. The summed E-state index contributed by atoms with van der Waals surface area (Å²) in [6, 6.07) is 7.50. The second kappa shape index (κ2) is 4.41. The number of carboxylic acids is 1. The summed E-state index contributed by atoms with van der Waals surface area (Å²) in [5.74, 6) is -0.708. The molecule has 0 atom stereocenters. The molecule has 0 saturated carbocycles. The number of rotatable bonds is 3. The van der Waals surface area contributed by atoms with Gasteiger partial charge in [-0.2, -0.15) is 0 Å². The molecule has 17 heavy (non-hydrogen) atoms. The summed E-state index contributed by atoms with van der Waals surface area (Å²) in [5, 5.41) is 11.2. The molecule has 1 heterocycles. The lowest BCUT2D eigenvalue weighted by molar-refractivity contribution is -0.307. The number of ether oxygens (including phenoxy) is 1. The first kappa shape index (κ1) is 11.4. The van der Waals surface area contributed by atoms with Gasteiger partial charge in [-0.3, -0.25) is 4.98 Å². The number of aliphatic carboxylic acids is 1. The van der Waals surface area contributed by atoms with Gasteiger partial charge in [0.2, 0.25) is 0 Å². The van der Waals surface area contributed by atoms with Crippen LogP contribution in [0.2, 0.25) is 0 Å². The van der Waals surface area contributed by atoms with Gasteiger partial charge in [0, 0.05) is 17.1 Å². The molecular weight excluding hydrogens is 218 g/mol. The van der Waals surface area contributed by atoms with E-state index in [-0.39, 0.29) is 0 Å². The molecule has 0 spiro atoms. The van der Waals surface area contributed by atoms with Crippen LogP contribution in [0, 0.1) is 13.8 Å². The molecule has 4 heteroatoms. The van der Waals surface area contributed by atoms with Crippen molar-refractivity contribution in [2.45, 2.75) is 13.8 Å². The average molecular weight is 230 g/mol. The molecule has 0 bridgehead atoms. The van der Waals surface area contributed by atoms with Gasteiger partial charge in [-0.25, -0.2) is 0 Å². The van der Waals surface area contributed by atoms with Crippen LogP contribution in [0.25, 0.3) is 10.9 Å². The summed E-state index contributed by atoms with van der Waals surface area (Å²) in [7, 11) is 0. The van der Waals surface area contributed by atoms with Gasteiger partial charge >= 0.3 is 0 Å². The topological polar surface area (TPSA) is 62.2 Å². The van der Waals surface area contributed by atoms with Crippen molar-refractivity contribution in [2.24, 2.45) is 0 Å². The second-order valence-corrected chi connectivity index (χ2v) is 3.94. The van der Waals surface area contributed by atoms with Crippen LogP contribution in [0.1, 0.15) is 11.3 Å². The molecule has 2 aromatic rings. The number of aryl methyl sites for hydroxylation is 2. The largest absolute Gasteiger partial charge is 0.546 e. The van der Waals surface area contributed by atoms with Crippen LogP contribution < -0.4 is 9.84 Å². The van der Waals surface area contributed by atoms with E-state index in [0.717, 1.165) is 22.2 Å². The fourth-order valence-electron chi connectivity index (χ4n) is 1.69. The van der Waals surface area contributed by atoms with Gasteiger partial charge in [0.15, 0.2) is 0 Å². The summed E-state index contributed by atoms with van der Waals surface area (Å²) >= 11 is 0. The minimum absolute atomic E-state index is 0.452. The summed E-state index contributed by atoms with van der Waals surface area (Å²) in [5.41, 5.74) is 2.65. The molecule has 1 aromatic carbocycles. The number of benzene rings is 1. The van der Waals surface area contributed by atoms with Crippen LogP contribution in [0.3, 0.4) is 0 Å². The average Bonchev–Trinajstić information content (AvgIpc) is 2.26. The zero-order valence-corrected chi connectivity index (χ0v) is 9.69. The van der Waals surface area contributed by atoms with Crippen molar-refractivity contribution in [2.75, 3.05) is 6.61 Å². The number of carboxylic acid groups (broad SMARTS) is 1. The highest BCUT2D eigenvalue weighted by atomic mass is 16.5. The lowest BCUT2D eigenvalue weighted by Crippen LogP contribution is -2.29. The molecule has 0 N–H and O–H groups in total. The van der Waals surface area contributed by atoms with Crippen LogP contribution in [0.4, 0.5) is 0 Å². The maximum absolute atomic E-state index is 10.4. The summed E-state index contributed by atoms with van der Waals surface area (Å²) < 4.78 is 5.21. The minimum atomic E-state index is -1.24. The molecule has 2 rings (SSSR count). The highest BCUT2D eigenvalue weighted by Gasteiger charge is 2.05. The molecule has 0 fully saturated rings. The molecule has 0 unspecified atom stereocenters. The van der Waals surface area contributed by atoms with Crippen molar-refractivity contribution in [1.29, 1.82) is 0 Å². The third kappa shape index (κ3) is 2.53. The number of hydrogen-bond donors (Lipinski definition) is 0. The number of carbonyl (C=O) groups is 1. The van der Waals surface area contributed by atoms with Gasteiger partial charge in [0.05, 0.1) is 11.5 Å². The number of fused-ring (bicyclic) bond motifs is 1. The van der Waals surface area contributed by atoms with Crippen molar-refractivity contribution in [3.63, 3.8) is 0 Å². The highest BCUT2D eigenvalue weighted by Crippen LogP contribution is 2.26. The van der Waals surface area contributed by atoms with E-state index in [4.69, 9.17) is 4.74 Å². The van der Waals surface area contributed by atoms with E-state index < -0.39 is 12.6 Å². The quantitative estimate of drug-likeness (QED) is 0.788. The fraction of sp³-hybridized carbons (Fsp3) is 0.231. The Kier molecular flexibility index (Phi) is 2.95. The monoisotopic (exact) mass is 230 g/mol. The third-order valence-corrected chi connectivity index (χ3v) is 2.40. The molecule has 0 aliphatic heterocycles. The third-order valence-electron chi connectivity index (χ3n) is 2.40. The predicted molar refractivity (Wildman–Crippen MR) is 61.7 cm³/mol. The van der Waals surface area contributed by atoms with Gasteiger partial charge in [-0.1, -0.05) is 11.6 Å². The van der Waals surface area contributed by atoms with Crippen LogP contribution in [-0.4, -0.2) is 17.6 Å². The van der Waals surface area contributed by atoms with E-state index in [9.17, 15) is 9.90 Å². The van der Waals surface area contributed by atoms with Gasteiger partial charge in [0.1, 0.15) is 12.4 Å². The molecule has 0 aliphatic carbocycles. The zero-order chi connectivity index (χ0) is 12.4. The first-order chi connectivity index (χ1) is 8.06. The Morgan fingerprint density at radius 3 is 2.82 bits per heavy atom. The number of nitrogens with zero attached hydrogens (tertiary/aromatic N) is 1. The van der Waals surface area contributed by atoms with Crippen molar-refractivity contribution in [3.05, 3.63) is 35.5 Å². The Hall–Kier alpha value is -2.10. The molecule has 1 aromatic heterocycles. The van der Waals surface area contributed by atoms with Crippen LogP contribution in [0.15, 0.2) is 24.3 Å². The molecule has 0 aliphatic rings. The number of hydrogen-bond acceptors (Lipinski definition) is 4. The maximum atomic E-state index is 10.4. The number of carbonyl (C=O) groups excluding carboxylic acids is 1. The molecule has 0 amide bonds. The Morgan fingerprint density at radius 1 is 1.35 bits per heavy atom. The number of pyridine rings is 1. The van der Waals surface area contributed by atoms with Gasteiger partial charge < -0.3 is 14.6 Å². The standard InChI is InChI=1S/C13H13NO3/c1-8-3-4-11-10(5-8)12(6-9(2)14-11)17-7-13(15)16/h3-6H,7H2,1-2H3,(H,15,16)/p-1. The molecule has 0 saturated heterocycles. The Labute approximate surface area is 98.9 Å². The zero-order valence-electron chi connectivity index (χ0n) is 9.69. The Morgan fingerprint density at radius 2 is 2.12 bits per heavy atom. The van der Waals surface area contributed by atoms with Crippen LogP contribution >= 0.6 is 0 Å². The lowest BCUT2D eigenvalue weighted by atomic mass is 10.1. The fourth-order valence-corrected chi connectivity index (χ4v) is 1.69. The number of aromatic nitrogens is 1. The normalized spacial score (nSPS) is 10.5. The van der Waals surface area contributed by atoms with E-state index in [2.05, 4.69) is 4.98 Å². The van der Waals surface area contributed by atoms with Crippen LogP contribution in [0.5, 0.6) is 5.75 Å². The minimum Gasteiger partial charge on any atom is -0.546 e. The molecule has 0 radical (unpaired) electrons. The summed E-state index contributed by atoms with van der Waals surface area (Å²) in [6.07, 6.45) is 0. The van der Waals surface area contributed by atoms with Crippen molar-refractivity contribution in [3.8, 4) is 5.75 Å². The summed E-state index contributed by atoms with van der Waals surface area (Å²) in [6.45, 7) is 3.35. The highest BCUT2D eigenvalue weighted by molar-refractivity contribution is 5.86. The van der Waals surface area contributed by atoms with Crippen molar-refractivity contribution < 1.29 is 14.6 Å². The summed E-state index contributed by atoms with van der Waals surface area (Å²) in [4.78, 5) is 14.8. The first-order valence-electron chi connectivity index (χ1n) is 5.27. The van der Waals surface area contributed by atoms with E-state index in [0.29, 0.717) is 5.75 Å². The maximum Gasteiger partial charge on any atom is 0.131 e. The van der Waals surface area contributed by atoms with E-state index in [1.165, 1.54) is 0 Å². The van der Waals surface area contributed by atoms with E-state index >= 15 is 0 Å². The van der Waals surface area contributed by atoms with Gasteiger partial charge in [-0.15, -0.1) is 0 Å². The molecule has 88 valence electrons. The molecule has 4 nitrogen and oxygen atoms in total. The molecular formula is C13H12NO3-. The predicted octanol–water partition coefficient (Wildman–Crippen LogP) is 0.980. The van der Waals surface area contributed by atoms with Gasteiger partial charge in [0.25, 0.3) is 0 Å². The first-order valence-corrected chi connectivity index (χ1v) is 5.27. The van der Waals surface area contributed by atoms with Crippen molar-refractivity contribution >= 4 is 16.9 Å². The van der Waals surface area contributed by atoms with Crippen molar-refractivity contribution in [1.82, 2.24) is 4.98 Å².